The maximum atomic E-state index is 10.9. The fourth-order valence-corrected chi connectivity index (χ4v) is 1.71. The van der Waals surface area contributed by atoms with E-state index < -0.39 is 11.0 Å². The third-order valence-electron chi connectivity index (χ3n) is 2.53. The number of pyridine rings is 1. The van der Waals surface area contributed by atoms with Crippen LogP contribution in [0.2, 0.25) is 5.02 Å². The van der Waals surface area contributed by atoms with Gasteiger partial charge >= 0.3 is 5.69 Å². The Morgan fingerprint density at radius 1 is 1.40 bits per heavy atom. The van der Waals surface area contributed by atoms with E-state index in [1.54, 1.807) is 19.1 Å². The molecule has 0 unspecified atom stereocenters. The summed E-state index contributed by atoms with van der Waals surface area (Å²) < 4.78 is 5.42. The van der Waals surface area contributed by atoms with Crippen LogP contribution in [0.5, 0.6) is 11.5 Å². The van der Waals surface area contributed by atoms with Crippen molar-refractivity contribution in [2.45, 2.75) is 13.0 Å². The van der Waals surface area contributed by atoms with E-state index in [9.17, 15) is 15.2 Å². The van der Waals surface area contributed by atoms with E-state index in [4.69, 9.17) is 16.3 Å². The topological polar surface area (TPSA) is 85.5 Å². The average Bonchev–Trinajstić information content (AvgIpc) is 2.39. The molecule has 0 saturated heterocycles. The minimum Gasteiger partial charge on any atom is -0.448 e. The molecule has 1 atom stereocenters. The Morgan fingerprint density at radius 3 is 2.70 bits per heavy atom. The predicted octanol–water partition coefficient (Wildman–Crippen LogP) is 3.49. The van der Waals surface area contributed by atoms with E-state index >= 15 is 0 Å². The first kappa shape index (κ1) is 14.2. The summed E-state index contributed by atoms with van der Waals surface area (Å²) in [6.45, 7) is 1.59. The van der Waals surface area contributed by atoms with Crippen molar-refractivity contribution in [3.63, 3.8) is 0 Å². The highest BCUT2D eigenvalue weighted by Crippen LogP contribution is 2.33. The molecular formula is C13H11ClN2O4. The highest BCUT2D eigenvalue weighted by molar-refractivity contribution is 6.30. The van der Waals surface area contributed by atoms with E-state index in [-0.39, 0.29) is 11.4 Å². The Morgan fingerprint density at radius 2 is 2.15 bits per heavy atom. The zero-order valence-corrected chi connectivity index (χ0v) is 11.2. The molecule has 2 rings (SSSR count). The van der Waals surface area contributed by atoms with Crippen molar-refractivity contribution in [2.24, 2.45) is 0 Å². The van der Waals surface area contributed by atoms with Crippen LogP contribution < -0.4 is 4.74 Å². The smallest absolute Gasteiger partial charge is 0.311 e. The van der Waals surface area contributed by atoms with E-state index in [0.29, 0.717) is 16.5 Å². The minimum absolute atomic E-state index is 0.0362. The number of nitrogens with zero attached hydrogens (tertiary/aromatic N) is 2. The number of hydrogen-bond donors (Lipinski definition) is 1. The Hall–Kier alpha value is -2.18. The molecule has 104 valence electrons. The zero-order chi connectivity index (χ0) is 14.7. The molecule has 0 fully saturated rings. The Labute approximate surface area is 119 Å². The van der Waals surface area contributed by atoms with Crippen molar-refractivity contribution in [3.8, 4) is 11.5 Å². The van der Waals surface area contributed by atoms with Gasteiger partial charge in [-0.2, -0.15) is 0 Å². The van der Waals surface area contributed by atoms with Crippen LogP contribution in [0.25, 0.3) is 0 Å². The molecule has 0 saturated carbocycles. The summed E-state index contributed by atoms with van der Waals surface area (Å²) in [7, 11) is 0. The van der Waals surface area contributed by atoms with E-state index in [1.807, 2.05) is 0 Å². The Kier molecular flexibility index (Phi) is 4.16. The molecule has 7 heteroatoms. The molecule has 2 aromatic rings. The van der Waals surface area contributed by atoms with Gasteiger partial charge in [0.25, 0.3) is 0 Å². The van der Waals surface area contributed by atoms with Gasteiger partial charge in [0.1, 0.15) is 5.75 Å². The van der Waals surface area contributed by atoms with Crippen molar-refractivity contribution in [3.05, 3.63) is 57.4 Å². The van der Waals surface area contributed by atoms with Gasteiger partial charge in [0.2, 0.25) is 5.75 Å². The fourth-order valence-electron chi connectivity index (χ4n) is 1.55. The number of halogens is 1. The highest BCUT2D eigenvalue weighted by atomic mass is 35.5. The summed E-state index contributed by atoms with van der Waals surface area (Å²) in [5, 5.41) is 20.6. The molecule has 0 bridgehead atoms. The summed E-state index contributed by atoms with van der Waals surface area (Å²) in [6.07, 6.45) is 0.691. The van der Waals surface area contributed by atoms with Crippen molar-refractivity contribution >= 4 is 17.3 Å². The van der Waals surface area contributed by atoms with Gasteiger partial charge in [0, 0.05) is 17.2 Å². The number of benzene rings is 1. The van der Waals surface area contributed by atoms with Crippen LogP contribution in [0.15, 0.2) is 36.5 Å². The number of aliphatic hydroxyl groups is 1. The van der Waals surface area contributed by atoms with Gasteiger partial charge in [-0.15, -0.1) is 0 Å². The monoisotopic (exact) mass is 294 g/mol. The van der Waals surface area contributed by atoms with E-state index in [2.05, 4.69) is 4.98 Å². The molecule has 1 aromatic heterocycles. The summed E-state index contributed by atoms with van der Waals surface area (Å²) in [6, 6.07) is 7.20. The van der Waals surface area contributed by atoms with Gasteiger partial charge in [-0.3, -0.25) is 15.1 Å². The Bertz CT molecular complexity index is 629. The van der Waals surface area contributed by atoms with Crippen molar-refractivity contribution < 1.29 is 14.8 Å². The molecule has 6 nitrogen and oxygen atoms in total. The molecule has 20 heavy (non-hydrogen) atoms. The standard InChI is InChI=1S/C13H11ClN2O4/c1-8(17)11-4-3-10(7-15-11)20-13-6-9(14)2-5-12(13)16(18)19/h2-8,17H,1H3/t8-/m0/s1. The maximum absolute atomic E-state index is 10.9. The molecule has 0 amide bonds. The van der Waals surface area contributed by atoms with Crippen molar-refractivity contribution in [2.75, 3.05) is 0 Å². The molecule has 0 aliphatic heterocycles. The molecule has 0 spiro atoms. The number of nitro benzene ring substituents is 1. The van der Waals surface area contributed by atoms with Crippen LogP contribution in [0.1, 0.15) is 18.7 Å². The largest absolute Gasteiger partial charge is 0.448 e. The first-order valence-corrected chi connectivity index (χ1v) is 6.11. The second-order valence-electron chi connectivity index (χ2n) is 4.07. The predicted molar refractivity (Wildman–Crippen MR) is 73.1 cm³/mol. The quantitative estimate of drug-likeness (QED) is 0.689. The van der Waals surface area contributed by atoms with E-state index in [0.717, 1.165) is 0 Å². The van der Waals surface area contributed by atoms with Crippen LogP contribution in [0, 0.1) is 10.1 Å². The summed E-state index contributed by atoms with van der Waals surface area (Å²) in [5.41, 5.74) is 0.298. The molecule has 1 N–H and O–H groups in total. The van der Waals surface area contributed by atoms with Gasteiger partial charge in [-0.05, 0) is 25.1 Å². The molecule has 0 radical (unpaired) electrons. The normalized spacial score (nSPS) is 11.9. The highest BCUT2D eigenvalue weighted by Gasteiger charge is 2.16. The number of rotatable bonds is 4. The van der Waals surface area contributed by atoms with Crippen LogP contribution in [0.3, 0.4) is 0 Å². The van der Waals surface area contributed by atoms with Crippen LogP contribution in [0.4, 0.5) is 5.69 Å². The first-order valence-electron chi connectivity index (χ1n) is 5.73. The third-order valence-corrected chi connectivity index (χ3v) is 2.77. The van der Waals surface area contributed by atoms with Gasteiger partial charge in [0.05, 0.1) is 22.9 Å². The summed E-state index contributed by atoms with van der Waals surface area (Å²) in [5.74, 6) is 0.355. The lowest BCUT2D eigenvalue weighted by molar-refractivity contribution is -0.385. The number of hydrogen-bond acceptors (Lipinski definition) is 5. The lowest BCUT2D eigenvalue weighted by Crippen LogP contribution is -1.96. The van der Waals surface area contributed by atoms with Gasteiger partial charge in [0.15, 0.2) is 0 Å². The minimum atomic E-state index is -0.690. The molecule has 1 heterocycles. The number of nitro groups is 1. The lowest BCUT2D eigenvalue weighted by Gasteiger charge is -2.08. The van der Waals surface area contributed by atoms with Crippen LogP contribution in [-0.4, -0.2) is 15.0 Å². The van der Waals surface area contributed by atoms with Crippen molar-refractivity contribution in [1.29, 1.82) is 0 Å². The van der Waals surface area contributed by atoms with Crippen LogP contribution in [-0.2, 0) is 0 Å². The maximum Gasteiger partial charge on any atom is 0.311 e. The second-order valence-corrected chi connectivity index (χ2v) is 4.50. The molecule has 0 aliphatic carbocycles. The van der Waals surface area contributed by atoms with Gasteiger partial charge < -0.3 is 9.84 Å². The SMILES string of the molecule is C[C@H](O)c1ccc(Oc2cc(Cl)ccc2[N+](=O)[O-])cn1. The van der Waals surface area contributed by atoms with Crippen LogP contribution >= 0.6 is 11.6 Å². The lowest BCUT2D eigenvalue weighted by atomic mass is 10.2. The number of aliphatic hydroxyl groups excluding tert-OH is 1. The number of ether oxygens (including phenoxy) is 1. The number of aromatic nitrogens is 1. The third kappa shape index (κ3) is 3.23. The molecule has 1 aromatic carbocycles. The zero-order valence-electron chi connectivity index (χ0n) is 10.5. The first-order chi connectivity index (χ1) is 9.47. The summed E-state index contributed by atoms with van der Waals surface area (Å²) >= 11 is 5.80. The fraction of sp³-hybridized carbons (Fsp3) is 0.154. The molecular weight excluding hydrogens is 284 g/mol. The van der Waals surface area contributed by atoms with Gasteiger partial charge in [-0.25, -0.2) is 0 Å². The Balaban J connectivity index is 2.29. The second kappa shape index (κ2) is 5.85. The van der Waals surface area contributed by atoms with E-state index in [1.165, 1.54) is 24.4 Å². The van der Waals surface area contributed by atoms with Gasteiger partial charge in [-0.1, -0.05) is 11.6 Å². The summed E-state index contributed by atoms with van der Waals surface area (Å²) in [4.78, 5) is 14.3. The van der Waals surface area contributed by atoms with Crippen molar-refractivity contribution in [1.82, 2.24) is 4.98 Å². The molecule has 0 aliphatic rings. The average molecular weight is 295 g/mol.